The van der Waals surface area contributed by atoms with E-state index in [-0.39, 0.29) is 11.6 Å². The molecule has 7 nitrogen and oxygen atoms in total. The molecule has 1 aromatic rings. The summed E-state index contributed by atoms with van der Waals surface area (Å²) in [4.78, 5) is 10.8. The van der Waals surface area contributed by atoms with Crippen molar-refractivity contribution in [3.8, 4) is 0 Å². The van der Waals surface area contributed by atoms with Gasteiger partial charge in [0.1, 0.15) is 0 Å². The van der Waals surface area contributed by atoms with Gasteiger partial charge in [0.15, 0.2) is 0 Å². The monoisotopic (exact) mass is 306 g/mol. The van der Waals surface area contributed by atoms with Gasteiger partial charge >= 0.3 is 0 Å². The van der Waals surface area contributed by atoms with Crippen molar-refractivity contribution in [1.29, 1.82) is 5.41 Å². The normalized spacial score (nSPS) is 20.9. The molecule has 0 spiro atoms. The van der Waals surface area contributed by atoms with Crippen LogP contribution in [-0.4, -0.2) is 32.0 Å². The number of rotatable bonds is 3. The summed E-state index contributed by atoms with van der Waals surface area (Å²) in [5, 5.41) is 17.4. The fourth-order valence-electron chi connectivity index (χ4n) is 3.88. The lowest BCUT2D eigenvalue weighted by molar-refractivity contribution is 0.167. The standard InChI is InChI=1S/C15H26N6O/c16-13-18-15(19-14(17)21(13)22)20(11-7-3-1-4-8-11)12-9-5-2-6-10-12/h11-12,22H,1-10H2,(H3,16,17,18,19). The van der Waals surface area contributed by atoms with Crippen LogP contribution in [0.5, 0.6) is 0 Å². The van der Waals surface area contributed by atoms with Crippen LogP contribution >= 0.6 is 0 Å². The van der Waals surface area contributed by atoms with Crippen molar-refractivity contribution in [2.24, 2.45) is 0 Å². The molecule has 4 N–H and O–H groups in total. The average Bonchev–Trinajstić information content (AvgIpc) is 2.55. The Morgan fingerprint density at radius 3 is 1.91 bits per heavy atom. The van der Waals surface area contributed by atoms with Crippen molar-refractivity contribution < 1.29 is 5.21 Å². The summed E-state index contributed by atoms with van der Waals surface area (Å²) in [5.41, 5.74) is 5.48. The predicted octanol–water partition coefficient (Wildman–Crippen LogP) is 2.05. The minimum absolute atomic E-state index is 0.0633. The van der Waals surface area contributed by atoms with Gasteiger partial charge in [-0.2, -0.15) is 9.97 Å². The fourth-order valence-corrected chi connectivity index (χ4v) is 3.88. The largest absolute Gasteiger partial charge is 0.422 e. The van der Waals surface area contributed by atoms with E-state index >= 15 is 0 Å². The van der Waals surface area contributed by atoms with Crippen LogP contribution < -0.4 is 16.3 Å². The molecular formula is C15H26N6O. The number of aromatic nitrogens is 3. The maximum atomic E-state index is 9.59. The van der Waals surface area contributed by atoms with Crippen LogP contribution in [0, 0.1) is 5.41 Å². The molecule has 2 aliphatic carbocycles. The van der Waals surface area contributed by atoms with E-state index in [9.17, 15) is 5.21 Å². The van der Waals surface area contributed by atoms with Crippen molar-refractivity contribution in [2.45, 2.75) is 76.3 Å². The van der Waals surface area contributed by atoms with Gasteiger partial charge in [0.2, 0.25) is 11.9 Å². The van der Waals surface area contributed by atoms with Crippen LogP contribution in [0.15, 0.2) is 0 Å². The Morgan fingerprint density at radius 2 is 1.45 bits per heavy atom. The lowest BCUT2D eigenvalue weighted by Gasteiger charge is -2.41. The summed E-state index contributed by atoms with van der Waals surface area (Å²) in [7, 11) is 0. The highest BCUT2D eigenvalue weighted by molar-refractivity contribution is 5.37. The second-order valence-electron chi connectivity index (χ2n) is 6.51. The topological polar surface area (TPSA) is 104 Å². The summed E-state index contributed by atoms with van der Waals surface area (Å²) in [5.74, 6) is 0.457. The zero-order valence-corrected chi connectivity index (χ0v) is 13.0. The van der Waals surface area contributed by atoms with E-state index < -0.39 is 0 Å². The molecule has 1 heterocycles. The van der Waals surface area contributed by atoms with Crippen molar-refractivity contribution in [2.75, 3.05) is 10.6 Å². The summed E-state index contributed by atoms with van der Waals surface area (Å²) in [6.45, 7) is 0. The Bertz CT molecular complexity index is 542. The molecule has 0 unspecified atom stereocenters. The molecule has 2 fully saturated rings. The Balaban J connectivity index is 1.94. The average molecular weight is 306 g/mol. The van der Waals surface area contributed by atoms with E-state index in [0.29, 0.717) is 22.8 Å². The van der Waals surface area contributed by atoms with E-state index in [1.54, 1.807) is 0 Å². The lowest BCUT2D eigenvalue weighted by Crippen LogP contribution is -2.47. The number of nitrogens with two attached hydrogens (primary N) is 1. The molecule has 2 aliphatic rings. The quantitative estimate of drug-likeness (QED) is 0.741. The summed E-state index contributed by atoms with van der Waals surface area (Å²) in [6.07, 6.45) is 12.2. The van der Waals surface area contributed by atoms with Gasteiger partial charge in [-0.3, -0.25) is 5.41 Å². The lowest BCUT2D eigenvalue weighted by atomic mass is 9.89. The van der Waals surface area contributed by atoms with Gasteiger partial charge in [0, 0.05) is 12.1 Å². The first-order valence-electron chi connectivity index (χ1n) is 8.45. The molecule has 0 atom stereocenters. The molecule has 3 rings (SSSR count). The molecule has 0 bridgehead atoms. The third-order valence-corrected chi connectivity index (χ3v) is 5.01. The van der Waals surface area contributed by atoms with E-state index in [0.717, 1.165) is 25.7 Å². The second kappa shape index (κ2) is 6.54. The first-order valence-corrected chi connectivity index (χ1v) is 8.45. The molecule has 0 saturated heterocycles. The number of nitrogens with zero attached hydrogens (tertiary/aromatic N) is 4. The highest BCUT2D eigenvalue weighted by Gasteiger charge is 2.31. The Morgan fingerprint density at radius 1 is 0.955 bits per heavy atom. The number of nitrogens with one attached hydrogen (secondary N) is 1. The van der Waals surface area contributed by atoms with Gasteiger partial charge in [0.05, 0.1) is 0 Å². The number of nitrogen functional groups attached to an aromatic ring is 1. The predicted molar refractivity (Wildman–Crippen MR) is 83.7 cm³/mol. The van der Waals surface area contributed by atoms with Crippen molar-refractivity contribution in [3.63, 3.8) is 0 Å². The Kier molecular flexibility index (Phi) is 4.49. The number of hydrogen-bond acceptors (Lipinski definition) is 6. The van der Waals surface area contributed by atoms with E-state index in [1.165, 1.54) is 38.5 Å². The number of anilines is 2. The van der Waals surface area contributed by atoms with Crippen LogP contribution in [0.4, 0.5) is 11.9 Å². The first kappa shape index (κ1) is 15.1. The zero-order valence-electron chi connectivity index (χ0n) is 13.0. The van der Waals surface area contributed by atoms with Crippen LogP contribution in [0.25, 0.3) is 0 Å². The highest BCUT2D eigenvalue weighted by atomic mass is 16.5. The van der Waals surface area contributed by atoms with Gasteiger partial charge < -0.3 is 15.8 Å². The first-order chi connectivity index (χ1) is 10.7. The van der Waals surface area contributed by atoms with Crippen LogP contribution in [0.3, 0.4) is 0 Å². The van der Waals surface area contributed by atoms with Crippen molar-refractivity contribution >= 4 is 11.9 Å². The van der Waals surface area contributed by atoms with E-state index in [4.69, 9.17) is 11.1 Å². The Labute approximate surface area is 130 Å². The minimum Gasteiger partial charge on any atom is -0.422 e. The fraction of sp³-hybridized carbons (Fsp3) is 0.800. The van der Waals surface area contributed by atoms with Crippen LogP contribution in [0.2, 0.25) is 0 Å². The molecule has 0 amide bonds. The molecule has 7 heteroatoms. The van der Waals surface area contributed by atoms with Gasteiger partial charge in [0.25, 0.3) is 5.62 Å². The maximum Gasteiger partial charge on any atom is 0.262 e. The van der Waals surface area contributed by atoms with Gasteiger partial charge in [-0.1, -0.05) is 38.5 Å². The van der Waals surface area contributed by atoms with Gasteiger partial charge in [-0.15, -0.1) is 4.73 Å². The number of hydrogen-bond donors (Lipinski definition) is 3. The zero-order chi connectivity index (χ0) is 15.5. The molecule has 0 aromatic carbocycles. The molecule has 122 valence electrons. The minimum atomic E-state index is -0.251. The molecule has 0 aliphatic heterocycles. The molecule has 1 aromatic heterocycles. The molecule has 0 radical (unpaired) electrons. The highest BCUT2D eigenvalue weighted by Crippen LogP contribution is 2.32. The smallest absolute Gasteiger partial charge is 0.262 e. The summed E-state index contributed by atoms with van der Waals surface area (Å²) >= 11 is 0. The molecule has 22 heavy (non-hydrogen) atoms. The van der Waals surface area contributed by atoms with E-state index in [2.05, 4.69) is 14.9 Å². The van der Waals surface area contributed by atoms with Crippen molar-refractivity contribution in [3.05, 3.63) is 5.62 Å². The second-order valence-corrected chi connectivity index (χ2v) is 6.51. The maximum absolute atomic E-state index is 9.59. The molecular weight excluding hydrogens is 280 g/mol. The van der Waals surface area contributed by atoms with Crippen LogP contribution in [0.1, 0.15) is 64.2 Å². The van der Waals surface area contributed by atoms with Gasteiger partial charge in [-0.05, 0) is 25.7 Å². The SMILES string of the molecule is N=c1nc(N(C2CCCCC2)C2CCCCC2)nc(N)n1O. The molecule has 2 saturated carbocycles. The van der Waals surface area contributed by atoms with Crippen molar-refractivity contribution in [1.82, 2.24) is 14.7 Å². The third kappa shape index (κ3) is 3.03. The van der Waals surface area contributed by atoms with E-state index in [1.807, 2.05) is 0 Å². The summed E-state index contributed by atoms with van der Waals surface area (Å²) < 4.78 is 0.531. The summed E-state index contributed by atoms with van der Waals surface area (Å²) in [6, 6.07) is 0.871. The van der Waals surface area contributed by atoms with Gasteiger partial charge in [-0.25, -0.2) is 0 Å². The Hall–Kier alpha value is -1.79. The van der Waals surface area contributed by atoms with Crippen LogP contribution in [-0.2, 0) is 0 Å². The third-order valence-electron chi connectivity index (χ3n) is 5.01.